The lowest BCUT2D eigenvalue weighted by molar-refractivity contribution is -0.143. The summed E-state index contributed by atoms with van der Waals surface area (Å²) in [5.41, 5.74) is 2.94. The molecule has 0 saturated carbocycles. The fourth-order valence-electron chi connectivity index (χ4n) is 6.06. The van der Waals surface area contributed by atoms with E-state index in [0.29, 0.717) is 30.5 Å². The molecule has 3 unspecified atom stereocenters. The second-order valence-electron chi connectivity index (χ2n) is 10.9. The number of likely N-dealkylation sites (tertiary alicyclic amines) is 1. The SMILES string of the molecule is CCCCN(C(=O)CN1CC(c2ccc3c(c2)OCO3)[C@@H](C(=O)O)C1CC(C)CCC)c1cccc(C)c1. The molecule has 0 aliphatic carbocycles. The largest absolute Gasteiger partial charge is 0.481 e. The molecule has 2 heterocycles. The number of nitrogens with zero attached hydrogens (tertiary/aromatic N) is 2. The molecule has 0 aromatic heterocycles. The Bertz CT molecular complexity index is 1120. The molecular weight excluding hydrogens is 480 g/mol. The third-order valence-electron chi connectivity index (χ3n) is 7.97. The first-order valence-electron chi connectivity index (χ1n) is 14.1. The molecule has 7 heteroatoms. The number of rotatable bonds is 12. The number of carbonyl (C=O) groups excluding carboxylic acids is 1. The Labute approximate surface area is 226 Å². The fraction of sp³-hybridized carbons (Fsp3) is 0.548. The number of amides is 1. The van der Waals surface area contributed by atoms with Crippen LogP contribution in [0.2, 0.25) is 0 Å². The van der Waals surface area contributed by atoms with Gasteiger partial charge in [0.25, 0.3) is 0 Å². The maximum absolute atomic E-state index is 13.8. The first kappa shape index (κ1) is 28.0. The molecule has 38 heavy (non-hydrogen) atoms. The fourth-order valence-corrected chi connectivity index (χ4v) is 6.06. The molecule has 4 atom stereocenters. The predicted octanol–water partition coefficient (Wildman–Crippen LogP) is 5.85. The zero-order chi connectivity index (χ0) is 27.2. The van der Waals surface area contributed by atoms with Crippen LogP contribution in [0.1, 0.15) is 69.9 Å². The van der Waals surface area contributed by atoms with Crippen LogP contribution in [0.4, 0.5) is 5.69 Å². The molecular formula is C31H42N2O5. The Kier molecular flexibility index (Phi) is 9.31. The Morgan fingerprint density at radius 2 is 1.89 bits per heavy atom. The standard InChI is InChI=1S/C31H42N2O5/c1-5-7-14-33(24-11-8-10-22(4)15-24)29(34)19-32-18-25(23-12-13-27-28(17-23)38-20-37-27)30(31(35)36)26(32)16-21(3)9-6-2/h8,10-13,15,17,21,25-26,30H,5-7,9,14,16,18-20H2,1-4H3,(H,35,36)/t21?,25?,26?,30-/m1/s1. The van der Waals surface area contributed by atoms with Crippen LogP contribution in [-0.4, -0.2) is 54.4 Å². The molecule has 0 bridgehead atoms. The molecule has 2 aromatic rings. The minimum absolute atomic E-state index is 0.0210. The Hall–Kier alpha value is -3.06. The summed E-state index contributed by atoms with van der Waals surface area (Å²) in [5.74, 6) is 0.0754. The molecule has 1 amide bonds. The minimum atomic E-state index is -0.808. The van der Waals surface area contributed by atoms with Crippen molar-refractivity contribution >= 4 is 17.6 Å². The molecule has 0 radical (unpaired) electrons. The van der Waals surface area contributed by atoms with Crippen LogP contribution in [0, 0.1) is 18.8 Å². The first-order valence-corrected chi connectivity index (χ1v) is 14.1. The zero-order valence-electron chi connectivity index (χ0n) is 23.2. The number of carboxylic acid groups (broad SMARTS) is 1. The van der Waals surface area contributed by atoms with Gasteiger partial charge in [0.15, 0.2) is 11.5 Å². The highest BCUT2D eigenvalue weighted by Gasteiger charge is 2.47. The smallest absolute Gasteiger partial charge is 0.308 e. The number of carbonyl (C=O) groups is 2. The lowest BCUT2D eigenvalue weighted by atomic mass is 9.81. The van der Waals surface area contributed by atoms with E-state index >= 15 is 0 Å². The lowest BCUT2D eigenvalue weighted by Crippen LogP contribution is -2.45. The van der Waals surface area contributed by atoms with Crippen LogP contribution in [0.25, 0.3) is 0 Å². The summed E-state index contributed by atoms with van der Waals surface area (Å²) in [6, 6.07) is 13.6. The predicted molar refractivity (Wildman–Crippen MR) is 149 cm³/mol. The number of hydrogen-bond acceptors (Lipinski definition) is 5. The van der Waals surface area contributed by atoms with E-state index in [-0.39, 0.29) is 31.2 Å². The van der Waals surface area contributed by atoms with Gasteiger partial charge in [-0.05, 0) is 61.1 Å². The van der Waals surface area contributed by atoms with Gasteiger partial charge in [0, 0.05) is 30.7 Å². The molecule has 2 aliphatic rings. The second kappa shape index (κ2) is 12.7. The van der Waals surface area contributed by atoms with Crippen molar-refractivity contribution in [3.8, 4) is 11.5 Å². The Balaban J connectivity index is 1.64. The van der Waals surface area contributed by atoms with Crippen molar-refractivity contribution in [3.63, 3.8) is 0 Å². The number of aliphatic carboxylic acids is 1. The van der Waals surface area contributed by atoms with E-state index in [4.69, 9.17) is 9.47 Å². The summed E-state index contributed by atoms with van der Waals surface area (Å²) >= 11 is 0. The number of benzene rings is 2. The number of hydrogen-bond donors (Lipinski definition) is 1. The van der Waals surface area contributed by atoms with Crippen molar-refractivity contribution in [2.24, 2.45) is 11.8 Å². The summed E-state index contributed by atoms with van der Waals surface area (Å²) < 4.78 is 11.1. The van der Waals surface area contributed by atoms with Crippen LogP contribution in [0.3, 0.4) is 0 Å². The normalized spacial score (nSPS) is 21.4. The van der Waals surface area contributed by atoms with Gasteiger partial charge in [-0.15, -0.1) is 0 Å². The summed E-state index contributed by atoms with van der Waals surface area (Å²) in [6.45, 7) is 10.0. The molecule has 4 rings (SSSR count). The molecule has 7 nitrogen and oxygen atoms in total. The molecule has 1 fully saturated rings. The molecule has 2 aliphatic heterocycles. The van der Waals surface area contributed by atoms with E-state index in [1.54, 1.807) is 0 Å². The van der Waals surface area contributed by atoms with Crippen molar-refractivity contribution in [3.05, 3.63) is 53.6 Å². The number of ether oxygens (including phenoxy) is 2. The monoisotopic (exact) mass is 522 g/mol. The summed E-state index contributed by atoms with van der Waals surface area (Å²) in [4.78, 5) is 30.6. The molecule has 1 saturated heterocycles. The van der Waals surface area contributed by atoms with E-state index in [1.807, 2.05) is 54.3 Å². The number of anilines is 1. The van der Waals surface area contributed by atoms with Gasteiger partial charge in [0.2, 0.25) is 12.7 Å². The second-order valence-corrected chi connectivity index (χ2v) is 10.9. The lowest BCUT2D eigenvalue weighted by Gasteiger charge is -2.31. The quantitative estimate of drug-likeness (QED) is 0.377. The van der Waals surface area contributed by atoms with Crippen molar-refractivity contribution in [1.29, 1.82) is 0 Å². The topological polar surface area (TPSA) is 79.3 Å². The molecule has 0 spiro atoms. The first-order chi connectivity index (χ1) is 18.3. The maximum atomic E-state index is 13.8. The van der Waals surface area contributed by atoms with Crippen LogP contribution in [0.15, 0.2) is 42.5 Å². The van der Waals surface area contributed by atoms with Gasteiger partial charge < -0.3 is 19.5 Å². The van der Waals surface area contributed by atoms with Gasteiger partial charge in [-0.1, -0.05) is 58.2 Å². The van der Waals surface area contributed by atoms with Crippen molar-refractivity contribution in [2.45, 2.75) is 71.8 Å². The van der Waals surface area contributed by atoms with Crippen LogP contribution in [-0.2, 0) is 9.59 Å². The Morgan fingerprint density at radius 1 is 1.11 bits per heavy atom. The highest BCUT2D eigenvalue weighted by Crippen LogP contribution is 2.43. The number of unbranched alkanes of at least 4 members (excludes halogenated alkanes) is 1. The van der Waals surface area contributed by atoms with Crippen molar-refractivity contribution < 1.29 is 24.2 Å². The summed E-state index contributed by atoms with van der Waals surface area (Å²) in [7, 11) is 0. The van der Waals surface area contributed by atoms with Gasteiger partial charge in [-0.3, -0.25) is 14.5 Å². The van der Waals surface area contributed by atoms with Crippen molar-refractivity contribution in [2.75, 3.05) is 31.3 Å². The van der Waals surface area contributed by atoms with E-state index in [1.165, 1.54) is 0 Å². The van der Waals surface area contributed by atoms with Crippen LogP contribution < -0.4 is 14.4 Å². The van der Waals surface area contributed by atoms with Crippen LogP contribution >= 0.6 is 0 Å². The maximum Gasteiger partial charge on any atom is 0.308 e. The van der Waals surface area contributed by atoms with Gasteiger partial charge >= 0.3 is 5.97 Å². The van der Waals surface area contributed by atoms with E-state index in [9.17, 15) is 14.7 Å². The number of carboxylic acids is 1. The highest BCUT2D eigenvalue weighted by atomic mass is 16.7. The van der Waals surface area contributed by atoms with Crippen molar-refractivity contribution in [1.82, 2.24) is 4.90 Å². The highest BCUT2D eigenvalue weighted by molar-refractivity contribution is 5.95. The van der Waals surface area contributed by atoms with E-state index < -0.39 is 11.9 Å². The zero-order valence-corrected chi connectivity index (χ0v) is 23.2. The molecule has 206 valence electrons. The van der Waals surface area contributed by atoms with Gasteiger partial charge in [0.05, 0.1) is 12.5 Å². The third kappa shape index (κ3) is 6.32. The molecule has 1 N–H and O–H groups in total. The van der Waals surface area contributed by atoms with E-state index in [0.717, 1.165) is 48.9 Å². The average Bonchev–Trinajstić information content (AvgIpc) is 3.49. The average molecular weight is 523 g/mol. The number of fused-ring (bicyclic) bond motifs is 1. The minimum Gasteiger partial charge on any atom is -0.481 e. The number of aryl methyl sites for hydroxylation is 1. The van der Waals surface area contributed by atoms with Gasteiger partial charge in [-0.2, -0.15) is 0 Å². The van der Waals surface area contributed by atoms with Crippen LogP contribution in [0.5, 0.6) is 11.5 Å². The summed E-state index contributed by atoms with van der Waals surface area (Å²) in [6.07, 6.45) is 4.73. The Morgan fingerprint density at radius 3 is 2.61 bits per heavy atom. The third-order valence-corrected chi connectivity index (χ3v) is 7.97. The van der Waals surface area contributed by atoms with Gasteiger partial charge in [-0.25, -0.2) is 0 Å². The summed E-state index contributed by atoms with van der Waals surface area (Å²) in [5, 5.41) is 10.5. The van der Waals surface area contributed by atoms with Gasteiger partial charge in [0.1, 0.15) is 0 Å². The molecule has 2 aromatic carbocycles. The van der Waals surface area contributed by atoms with E-state index in [2.05, 4.69) is 25.7 Å².